The van der Waals surface area contributed by atoms with E-state index in [1.165, 1.54) is 5.56 Å². The second-order valence-corrected chi connectivity index (χ2v) is 7.04. The molecule has 0 bridgehead atoms. The van der Waals surface area contributed by atoms with Crippen LogP contribution in [0, 0.1) is 11.3 Å². The molecular weight excluding hydrogens is 352 g/mol. The number of hydrogen-bond acceptors (Lipinski definition) is 5. The highest BCUT2D eigenvalue weighted by Crippen LogP contribution is 2.19. The number of benzene rings is 1. The minimum absolute atomic E-state index is 0.0519. The lowest BCUT2D eigenvalue weighted by atomic mass is 10.1. The Bertz CT molecular complexity index is 824. The van der Waals surface area contributed by atoms with Gasteiger partial charge in [-0.25, -0.2) is 9.78 Å². The highest BCUT2D eigenvalue weighted by molar-refractivity contribution is 5.74. The zero-order valence-corrected chi connectivity index (χ0v) is 16.4. The fourth-order valence-corrected chi connectivity index (χ4v) is 3.43. The number of aromatic nitrogens is 1. The van der Waals surface area contributed by atoms with E-state index in [-0.39, 0.29) is 12.1 Å². The Kier molecular flexibility index (Phi) is 6.45. The number of carbonyl (C=O) groups excluding carboxylic acids is 1. The minimum Gasteiger partial charge on any atom is -0.352 e. The van der Waals surface area contributed by atoms with E-state index in [9.17, 15) is 10.1 Å². The molecule has 1 aliphatic heterocycles. The smallest absolute Gasteiger partial charge is 0.317 e. The van der Waals surface area contributed by atoms with Gasteiger partial charge >= 0.3 is 6.03 Å². The Balaban J connectivity index is 1.54. The summed E-state index contributed by atoms with van der Waals surface area (Å²) in [4.78, 5) is 23.0. The number of carbonyl (C=O) groups is 1. The summed E-state index contributed by atoms with van der Waals surface area (Å²) in [7, 11) is 4.03. The minimum atomic E-state index is -0.0519. The van der Waals surface area contributed by atoms with Gasteiger partial charge in [0.05, 0.1) is 11.6 Å². The Labute approximate surface area is 166 Å². The summed E-state index contributed by atoms with van der Waals surface area (Å²) in [6, 6.07) is 16.0. The number of hydrogen-bond donors (Lipinski definition) is 1. The van der Waals surface area contributed by atoms with Crippen LogP contribution in [0.15, 0.2) is 48.7 Å². The zero-order valence-electron chi connectivity index (χ0n) is 16.4. The maximum Gasteiger partial charge on any atom is 0.317 e. The van der Waals surface area contributed by atoms with Crippen LogP contribution in [0.2, 0.25) is 0 Å². The summed E-state index contributed by atoms with van der Waals surface area (Å²) >= 11 is 0. The van der Waals surface area contributed by atoms with Gasteiger partial charge in [-0.15, -0.1) is 0 Å². The quantitative estimate of drug-likeness (QED) is 0.862. The highest BCUT2D eigenvalue weighted by atomic mass is 16.2. The molecule has 3 rings (SSSR count). The standard InChI is InChI=1S/C21H26N6O/c1-25(2)19(17-7-4-3-5-8-17)16-24-21(28)27-13-11-26(12-14-27)20-18(15-22)9-6-10-23-20/h3-10,19H,11-14,16H2,1-2H3,(H,24,28). The number of nitrogens with zero attached hydrogens (tertiary/aromatic N) is 5. The van der Waals surface area contributed by atoms with Crippen LogP contribution in [0.1, 0.15) is 17.2 Å². The van der Waals surface area contributed by atoms with Crippen LogP contribution in [0.4, 0.5) is 10.6 Å². The van der Waals surface area contributed by atoms with Crippen LogP contribution in [-0.2, 0) is 0 Å². The van der Waals surface area contributed by atoms with Crippen molar-refractivity contribution in [1.82, 2.24) is 20.1 Å². The normalized spacial score (nSPS) is 15.2. The number of nitriles is 1. The molecule has 0 saturated carbocycles. The molecule has 1 saturated heterocycles. The molecule has 1 aromatic heterocycles. The maximum absolute atomic E-state index is 12.6. The number of amides is 2. The van der Waals surface area contributed by atoms with Crippen LogP contribution >= 0.6 is 0 Å². The Morgan fingerprint density at radius 1 is 1.18 bits per heavy atom. The number of rotatable bonds is 5. The average Bonchev–Trinajstić information content (AvgIpc) is 2.74. The van der Waals surface area contributed by atoms with Crippen molar-refractivity contribution in [1.29, 1.82) is 5.26 Å². The van der Waals surface area contributed by atoms with E-state index in [0.29, 0.717) is 44.1 Å². The maximum atomic E-state index is 12.6. The second kappa shape index (κ2) is 9.20. The van der Waals surface area contributed by atoms with Crippen molar-refractivity contribution in [3.8, 4) is 6.07 Å². The number of pyridine rings is 1. The number of urea groups is 1. The van der Waals surface area contributed by atoms with E-state index >= 15 is 0 Å². The van der Waals surface area contributed by atoms with Gasteiger partial charge in [-0.3, -0.25) is 0 Å². The fourth-order valence-electron chi connectivity index (χ4n) is 3.43. The van der Waals surface area contributed by atoms with Crippen LogP contribution in [0.5, 0.6) is 0 Å². The van der Waals surface area contributed by atoms with Crippen molar-refractivity contribution in [3.05, 3.63) is 59.8 Å². The molecule has 2 amide bonds. The largest absolute Gasteiger partial charge is 0.352 e. The molecule has 0 aliphatic carbocycles. The number of anilines is 1. The first-order valence-electron chi connectivity index (χ1n) is 9.44. The summed E-state index contributed by atoms with van der Waals surface area (Å²) in [5, 5.41) is 12.3. The predicted molar refractivity (Wildman–Crippen MR) is 109 cm³/mol. The van der Waals surface area contributed by atoms with Crippen molar-refractivity contribution in [3.63, 3.8) is 0 Å². The van der Waals surface area contributed by atoms with E-state index < -0.39 is 0 Å². The molecule has 28 heavy (non-hydrogen) atoms. The Morgan fingerprint density at radius 3 is 2.54 bits per heavy atom. The van der Waals surface area contributed by atoms with Crippen LogP contribution in [0.25, 0.3) is 0 Å². The zero-order chi connectivity index (χ0) is 19.9. The first-order chi connectivity index (χ1) is 13.6. The first-order valence-corrected chi connectivity index (χ1v) is 9.44. The third-order valence-corrected chi connectivity index (χ3v) is 5.03. The number of nitrogens with one attached hydrogen (secondary N) is 1. The molecule has 7 nitrogen and oxygen atoms in total. The molecule has 1 unspecified atom stereocenters. The van der Waals surface area contributed by atoms with E-state index in [2.05, 4.69) is 38.3 Å². The van der Waals surface area contributed by atoms with Crippen molar-refractivity contribution < 1.29 is 4.79 Å². The SMILES string of the molecule is CN(C)C(CNC(=O)N1CCN(c2ncccc2C#N)CC1)c1ccccc1. The van der Waals surface area contributed by atoms with Crippen LogP contribution in [0.3, 0.4) is 0 Å². The lowest BCUT2D eigenvalue weighted by Crippen LogP contribution is -2.53. The molecule has 1 atom stereocenters. The summed E-state index contributed by atoms with van der Waals surface area (Å²) in [6.45, 7) is 3.08. The summed E-state index contributed by atoms with van der Waals surface area (Å²) < 4.78 is 0. The molecule has 7 heteroatoms. The van der Waals surface area contributed by atoms with Crippen LogP contribution in [-0.4, -0.2) is 67.6 Å². The fraction of sp³-hybridized carbons (Fsp3) is 0.381. The van der Waals surface area contributed by atoms with Gasteiger partial charge in [-0.1, -0.05) is 30.3 Å². The molecule has 1 fully saturated rings. The molecule has 1 aromatic carbocycles. The van der Waals surface area contributed by atoms with Gasteiger partial charge in [0.1, 0.15) is 11.9 Å². The second-order valence-electron chi connectivity index (χ2n) is 7.04. The molecule has 0 spiro atoms. The Morgan fingerprint density at radius 2 is 1.89 bits per heavy atom. The lowest BCUT2D eigenvalue weighted by molar-refractivity contribution is 0.189. The van der Waals surface area contributed by atoms with Crippen molar-refractivity contribution >= 4 is 11.8 Å². The number of piperazine rings is 1. The van der Waals surface area contributed by atoms with E-state index in [1.807, 2.05) is 37.2 Å². The van der Waals surface area contributed by atoms with Crippen molar-refractivity contribution in [2.45, 2.75) is 6.04 Å². The summed E-state index contributed by atoms with van der Waals surface area (Å²) in [5.41, 5.74) is 1.74. The molecule has 1 N–H and O–H groups in total. The van der Waals surface area contributed by atoms with Crippen molar-refractivity contribution in [2.75, 3.05) is 51.7 Å². The number of likely N-dealkylation sites (N-methyl/N-ethyl adjacent to an activating group) is 1. The molecule has 1 aliphatic rings. The lowest BCUT2D eigenvalue weighted by Gasteiger charge is -2.36. The van der Waals surface area contributed by atoms with Gasteiger partial charge in [-0.05, 0) is 31.8 Å². The van der Waals surface area contributed by atoms with Crippen molar-refractivity contribution in [2.24, 2.45) is 0 Å². The van der Waals surface area contributed by atoms with Gasteiger partial charge in [0.2, 0.25) is 0 Å². The monoisotopic (exact) mass is 378 g/mol. The van der Waals surface area contributed by atoms with Gasteiger partial charge in [0.15, 0.2) is 0 Å². The molecule has 146 valence electrons. The Hall–Kier alpha value is -3.11. The topological polar surface area (TPSA) is 75.5 Å². The van der Waals surface area contributed by atoms with Gasteiger partial charge in [-0.2, -0.15) is 5.26 Å². The van der Waals surface area contributed by atoms with Gasteiger partial charge in [0, 0.05) is 38.9 Å². The average molecular weight is 378 g/mol. The van der Waals surface area contributed by atoms with E-state index in [4.69, 9.17) is 0 Å². The molecule has 2 heterocycles. The molecular formula is C21H26N6O. The molecule has 0 radical (unpaired) electrons. The first kappa shape index (κ1) is 19.6. The van der Waals surface area contributed by atoms with Gasteiger partial charge in [0.25, 0.3) is 0 Å². The third kappa shape index (κ3) is 4.59. The summed E-state index contributed by atoms with van der Waals surface area (Å²) in [5.74, 6) is 0.696. The van der Waals surface area contributed by atoms with Gasteiger partial charge < -0.3 is 20.0 Å². The van der Waals surface area contributed by atoms with Crippen LogP contribution < -0.4 is 10.2 Å². The molecule has 2 aromatic rings. The predicted octanol–water partition coefficient (Wildman–Crippen LogP) is 2.09. The van der Waals surface area contributed by atoms with E-state index in [0.717, 1.165) is 0 Å². The third-order valence-electron chi connectivity index (χ3n) is 5.03. The van der Waals surface area contributed by atoms with E-state index in [1.54, 1.807) is 18.3 Å². The summed E-state index contributed by atoms with van der Waals surface area (Å²) in [6.07, 6.45) is 1.69. The highest BCUT2D eigenvalue weighted by Gasteiger charge is 2.24.